The lowest BCUT2D eigenvalue weighted by Crippen LogP contribution is -2.28. The molecule has 4 aromatic rings. The molecule has 0 fully saturated rings. The van der Waals surface area contributed by atoms with Crippen molar-refractivity contribution in [1.82, 2.24) is 14.8 Å². The molecule has 0 atom stereocenters. The van der Waals surface area contributed by atoms with Crippen molar-refractivity contribution in [3.05, 3.63) is 82.1 Å². The lowest BCUT2D eigenvalue weighted by Gasteiger charge is -2.12. The number of fused-ring (bicyclic) bond motifs is 1. The van der Waals surface area contributed by atoms with Crippen LogP contribution < -0.4 is 5.56 Å². The molecule has 0 saturated carbocycles. The molecule has 2 aromatic carbocycles. The smallest absolute Gasteiger partial charge is 0.359 e. The van der Waals surface area contributed by atoms with Gasteiger partial charge in [-0.05, 0) is 31.0 Å². The predicted molar refractivity (Wildman–Crippen MR) is 117 cm³/mol. The Morgan fingerprint density at radius 3 is 2.45 bits per heavy atom. The summed E-state index contributed by atoms with van der Waals surface area (Å²) < 4.78 is 12.6. The molecule has 4 rings (SSSR count). The van der Waals surface area contributed by atoms with E-state index in [1.165, 1.54) is 4.68 Å². The molecule has 0 unspecified atom stereocenters. The van der Waals surface area contributed by atoms with Gasteiger partial charge in [0.1, 0.15) is 18.1 Å². The highest BCUT2D eigenvalue weighted by Gasteiger charge is 2.20. The number of benzene rings is 2. The van der Waals surface area contributed by atoms with E-state index in [9.17, 15) is 9.59 Å². The molecule has 0 saturated heterocycles. The maximum Gasteiger partial charge on any atom is 0.359 e. The second kappa shape index (κ2) is 8.55. The van der Waals surface area contributed by atoms with Crippen LogP contribution in [0.1, 0.15) is 35.8 Å². The highest BCUT2D eigenvalue weighted by atomic mass is 16.5. The van der Waals surface area contributed by atoms with Crippen LogP contribution in [0.15, 0.2) is 63.8 Å². The van der Waals surface area contributed by atoms with Crippen molar-refractivity contribution >= 4 is 16.7 Å². The quantitative estimate of drug-likeness (QED) is 0.433. The predicted octanol–water partition coefficient (Wildman–Crippen LogP) is 4.37. The van der Waals surface area contributed by atoms with Crippen LogP contribution >= 0.6 is 0 Å². The van der Waals surface area contributed by atoms with E-state index in [1.54, 1.807) is 31.2 Å². The molecule has 0 bridgehead atoms. The molecular formula is C24H23N3O4. The third-order valence-corrected chi connectivity index (χ3v) is 4.85. The number of hydrogen-bond donors (Lipinski definition) is 0. The molecule has 0 spiro atoms. The summed E-state index contributed by atoms with van der Waals surface area (Å²) in [4.78, 5) is 30.1. The number of aromatic nitrogens is 3. The van der Waals surface area contributed by atoms with E-state index in [4.69, 9.17) is 9.15 Å². The fraction of sp³-hybridized carbons (Fsp3) is 0.250. The Kier molecular flexibility index (Phi) is 5.66. The summed E-state index contributed by atoms with van der Waals surface area (Å²) >= 11 is 0. The standard InChI is InChI=1S/C24H23N3O4/c1-15(2)13-27-23(28)19-12-8-7-11-18(19)21(26-27)24(29)30-14-20-16(3)31-22(25-20)17-9-5-4-6-10-17/h4-12,15H,13-14H2,1-3H3. The summed E-state index contributed by atoms with van der Waals surface area (Å²) in [7, 11) is 0. The van der Waals surface area contributed by atoms with E-state index >= 15 is 0 Å². The fourth-order valence-corrected chi connectivity index (χ4v) is 3.32. The van der Waals surface area contributed by atoms with Crippen molar-refractivity contribution in [2.45, 2.75) is 33.9 Å². The molecule has 31 heavy (non-hydrogen) atoms. The van der Waals surface area contributed by atoms with Gasteiger partial charge in [0, 0.05) is 17.5 Å². The summed E-state index contributed by atoms with van der Waals surface area (Å²) in [5.41, 5.74) is 1.27. The second-order valence-corrected chi connectivity index (χ2v) is 7.74. The first-order valence-electron chi connectivity index (χ1n) is 10.1. The van der Waals surface area contributed by atoms with Crippen molar-refractivity contribution in [2.75, 3.05) is 0 Å². The van der Waals surface area contributed by atoms with Crippen LogP contribution in [0.2, 0.25) is 0 Å². The lowest BCUT2D eigenvalue weighted by molar-refractivity contribution is 0.0459. The minimum absolute atomic E-state index is 0.0552. The Hall–Kier alpha value is -3.74. The lowest BCUT2D eigenvalue weighted by atomic mass is 10.1. The highest BCUT2D eigenvalue weighted by Crippen LogP contribution is 2.22. The maximum atomic E-state index is 12.9. The number of oxazole rings is 1. The topological polar surface area (TPSA) is 87.2 Å². The highest BCUT2D eigenvalue weighted by molar-refractivity contribution is 6.02. The molecule has 7 nitrogen and oxygen atoms in total. The summed E-state index contributed by atoms with van der Waals surface area (Å²) in [5, 5.41) is 5.22. The first kappa shape index (κ1) is 20.5. The van der Waals surface area contributed by atoms with Crippen LogP contribution in [0, 0.1) is 12.8 Å². The van der Waals surface area contributed by atoms with E-state index < -0.39 is 5.97 Å². The monoisotopic (exact) mass is 417 g/mol. The van der Waals surface area contributed by atoms with Crippen LogP contribution in [0.5, 0.6) is 0 Å². The second-order valence-electron chi connectivity index (χ2n) is 7.74. The minimum atomic E-state index is -0.614. The number of aryl methyl sites for hydroxylation is 1. The number of ether oxygens (including phenoxy) is 1. The summed E-state index contributed by atoms with van der Waals surface area (Å²) in [6.07, 6.45) is 0. The molecule has 0 N–H and O–H groups in total. The summed E-state index contributed by atoms with van der Waals surface area (Å²) in [6, 6.07) is 16.4. The molecule has 7 heteroatoms. The summed E-state index contributed by atoms with van der Waals surface area (Å²) in [6.45, 7) is 6.10. The van der Waals surface area contributed by atoms with Gasteiger partial charge in [0.05, 0.1) is 5.39 Å². The number of hydrogen-bond acceptors (Lipinski definition) is 6. The Bertz CT molecular complexity index is 1290. The number of carbonyl (C=O) groups is 1. The zero-order valence-corrected chi connectivity index (χ0v) is 17.7. The van der Waals surface area contributed by atoms with Gasteiger partial charge in [-0.15, -0.1) is 0 Å². The van der Waals surface area contributed by atoms with Gasteiger partial charge in [0.2, 0.25) is 5.89 Å². The van der Waals surface area contributed by atoms with Crippen molar-refractivity contribution < 1.29 is 13.9 Å². The van der Waals surface area contributed by atoms with Crippen LogP contribution in [0.25, 0.3) is 22.2 Å². The van der Waals surface area contributed by atoms with E-state index in [2.05, 4.69) is 10.1 Å². The van der Waals surface area contributed by atoms with Crippen molar-refractivity contribution in [1.29, 1.82) is 0 Å². The Labute approximate surface area is 179 Å². The van der Waals surface area contributed by atoms with Crippen LogP contribution in [0.3, 0.4) is 0 Å². The van der Waals surface area contributed by atoms with E-state index in [-0.39, 0.29) is 23.8 Å². The maximum absolute atomic E-state index is 12.9. The minimum Gasteiger partial charge on any atom is -0.454 e. The number of carbonyl (C=O) groups excluding carboxylic acids is 1. The van der Waals surface area contributed by atoms with Gasteiger partial charge < -0.3 is 9.15 Å². The van der Waals surface area contributed by atoms with Gasteiger partial charge in [-0.25, -0.2) is 14.5 Å². The molecule has 0 aliphatic heterocycles. The largest absolute Gasteiger partial charge is 0.454 e. The third-order valence-electron chi connectivity index (χ3n) is 4.85. The van der Waals surface area contributed by atoms with Crippen LogP contribution in [0.4, 0.5) is 0 Å². The average molecular weight is 417 g/mol. The molecule has 0 amide bonds. The first-order valence-corrected chi connectivity index (χ1v) is 10.1. The normalized spacial score (nSPS) is 11.2. The molecular weight excluding hydrogens is 394 g/mol. The van der Waals surface area contributed by atoms with Crippen LogP contribution in [-0.4, -0.2) is 20.7 Å². The third kappa shape index (κ3) is 4.26. The van der Waals surface area contributed by atoms with Gasteiger partial charge in [0.25, 0.3) is 5.56 Å². The summed E-state index contributed by atoms with van der Waals surface area (Å²) in [5.74, 6) is 0.634. The molecule has 2 heterocycles. The van der Waals surface area contributed by atoms with Gasteiger partial charge in [0.15, 0.2) is 5.69 Å². The zero-order chi connectivity index (χ0) is 22.0. The molecule has 0 radical (unpaired) electrons. The zero-order valence-electron chi connectivity index (χ0n) is 17.7. The van der Waals surface area contributed by atoms with Crippen LogP contribution in [-0.2, 0) is 17.9 Å². The first-order chi connectivity index (χ1) is 14.9. The molecule has 0 aliphatic carbocycles. The number of rotatable bonds is 6. The van der Waals surface area contributed by atoms with Gasteiger partial charge in [-0.3, -0.25) is 4.79 Å². The van der Waals surface area contributed by atoms with Gasteiger partial charge in [-0.2, -0.15) is 5.10 Å². The molecule has 2 aromatic heterocycles. The van der Waals surface area contributed by atoms with Crippen molar-refractivity contribution in [3.8, 4) is 11.5 Å². The Morgan fingerprint density at radius 1 is 1.06 bits per heavy atom. The van der Waals surface area contributed by atoms with E-state index in [0.29, 0.717) is 34.7 Å². The van der Waals surface area contributed by atoms with E-state index in [0.717, 1.165) is 5.56 Å². The number of nitrogens with zero attached hydrogens (tertiary/aromatic N) is 3. The molecule has 158 valence electrons. The van der Waals surface area contributed by atoms with Gasteiger partial charge >= 0.3 is 5.97 Å². The number of esters is 1. The fourth-order valence-electron chi connectivity index (χ4n) is 3.32. The SMILES string of the molecule is Cc1oc(-c2ccccc2)nc1COC(=O)c1nn(CC(C)C)c(=O)c2ccccc12. The van der Waals surface area contributed by atoms with E-state index in [1.807, 2.05) is 44.2 Å². The Morgan fingerprint density at radius 2 is 1.74 bits per heavy atom. The average Bonchev–Trinajstić information content (AvgIpc) is 3.15. The molecule has 0 aliphatic rings. The van der Waals surface area contributed by atoms with Crippen molar-refractivity contribution in [3.63, 3.8) is 0 Å². The Balaban J connectivity index is 1.62. The van der Waals surface area contributed by atoms with Gasteiger partial charge in [-0.1, -0.05) is 50.2 Å². The van der Waals surface area contributed by atoms with Crippen molar-refractivity contribution in [2.24, 2.45) is 5.92 Å².